The van der Waals surface area contributed by atoms with Gasteiger partial charge in [-0.2, -0.15) is 0 Å². The molecule has 1 aromatic rings. The van der Waals surface area contributed by atoms with Gasteiger partial charge in [-0.25, -0.2) is 0 Å². The maximum Gasteiger partial charge on any atom is 0.122 e. The molecule has 18 heavy (non-hydrogen) atoms. The van der Waals surface area contributed by atoms with Crippen molar-refractivity contribution in [1.82, 2.24) is 5.32 Å². The number of rotatable bonds is 9. The van der Waals surface area contributed by atoms with Gasteiger partial charge in [-0.1, -0.05) is 18.2 Å². The van der Waals surface area contributed by atoms with Gasteiger partial charge in [0, 0.05) is 19.8 Å². The van der Waals surface area contributed by atoms with Crippen LogP contribution in [0.15, 0.2) is 24.3 Å². The van der Waals surface area contributed by atoms with E-state index in [1.165, 1.54) is 5.56 Å². The van der Waals surface area contributed by atoms with Crippen molar-refractivity contribution in [2.75, 3.05) is 26.3 Å². The fourth-order valence-electron chi connectivity index (χ4n) is 1.70. The second kappa shape index (κ2) is 8.95. The third-order valence-electron chi connectivity index (χ3n) is 2.70. The van der Waals surface area contributed by atoms with E-state index in [1.807, 2.05) is 25.1 Å². The van der Waals surface area contributed by atoms with Gasteiger partial charge in [0.05, 0.1) is 0 Å². The van der Waals surface area contributed by atoms with E-state index in [9.17, 15) is 0 Å². The zero-order chi connectivity index (χ0) is 13.2. The van der Waals surface area contributed by atoms with Gasteiger partial charge >= 0.3 is 0 Å². The first kappa shape index (κ1) is 15.0. The summed E-state index contributed by atoms with van der Waals surface area (Å²) in [6.07, 6.45) is 1.23. The summed E-state index contributed by atoms with van der Waals surface area (Å²) in [5, 5.41) is 3.38. The lowest BCUT2D eigenvalue weighted by Gasteiger charge is -2.17. The molecule has 1 aromatic carbocycles. The largest absolute Gasteiger partial charge is 0.489 e. The van der Waals surface area contributed by atoms with E-state index in [2.05, 4.69) is 25.2 Å². The number of benzene rings is 1. The number of para-hydroxylation sites is 1. The van der Waals surface area contributed by atoms with Crippen molar-refractivity contribution in [3.63, 3.8) is 0 Å². The molecule has 0 aliphatic carbocycles. The normalized spacial score (nSPS) is 12.4. The molecule has 0 fully saturated rings. The van der Waals surface area contributed by atoms with E-state index in [0.29, 0.717) is 0 Å². The Kier molecular flexibility index (Phi) is 7.46. The molecule has 0 spiro atoms. The van der Waals surface area contributed by atoms with Gasteiger partial charge in [0.25, 0.3) is 0 Å². The maximum absolute atomic E-state index is 5.88. The lowest BCUT2D eigenvalue weighted by molar-refractivity contribution is 0.143. The molecule has 0 aliphatic rings. The van der Waals surface area contributed by atoms with Crippen molar-refractivity contribution in [2.45, 2.75) is 33.3 Å². The summed E-state index contributed by atoms with van der Waals surface area (Å²) in [5.74, 6) is 0.973. The van der Waals surface area contributed by atoms with Crippen molar-refractivity contribution >= 4 is 0 Å². The lowest BCUT2D eigenvalue weighted by Crippen LogP contribution is -2.30. The van der Waals surface area contributed by atoms with Gasteiger partial charge in [0.15, 0.2) is 0 Å². The number of nitrogens with one attached hydrogen (secondary N) is 1. The van der Waals surface area contributed by atoms with Gasteiger partial charge < -0.3 is 14.8 Å². The first-order valence-corrected chi connectivity index (χ1v) is 6.74. The summed E-state index contributed by atoms with van der Waals surface area (Å²) in [6, 6.07) is 8.11. The molecule has 0 amide bonds. The molecule has 102 valence electrons. The molecule has 0 saturated heterocycles. The molecule has 3 nitrogen and oxygen atoms in total. The van der Waals surface area contributed by atoms with Crippen LogP contribution in [0, 0.1) is 6.92 Å². The predicted molar refractivity (Wildman–Crippen MR) is 75.2 cm³/mol. The van der Waals surface area contributed by atoms with Crippen LogP contribution in [0.2, 0.25) is 0 Å². The van der Waals surface area contributed by atoms with Crippen LogP contribution in [0.5, 0.6) is 5.75 Å². The van der Waals surface area contributed by atoms with E-state index in [0.717, 1.165) is 38.5 Å². The highest BCUT2D eigenvalue weighted by Gasteiger charge is 2.04. The number of hydrogen-bond donors (Lipinski definition) is 1. The molecule has 0 aromatic heterocycles. The average Bonchev–Trinajstić information content (AvgIpc) is 2.36. The average molecular weight is 251 g/mol. The molecule has 1 atom stereocenters. The Morgan fingerprint density at radius 1 is 1.28 bits per heavy atom. The minimum atomic E-state index is 0.179. The van der Waals surface area contributed by atoms with Crippen LogP contribution in [-0.4, -0.2) is 32.4 Å². The van der Waals surface area contributed by atoms with E-state index in [1.54, 1.807) is 0 Å². The third-order valence-corrected chi connectivity index (χ3v) is 2.70. The third kappa shape index (κ3) is 6.03. The zero-order valence-electron chi connectivity index (χ0n) is 11.7. The van der Waals surface area contributed by atoms with Crippen molar-refractivity contribution in [2.24, 2.45) is 0 Å². The molecule has 1 N–H and O–H groups in total. The Bertz CT molecular complexity index is 328. The SMILES string of the molecule is CCOCCCNCC(C)Oc1ccccc1C. The quantitative estimate of drug-likeness (QED) is 0.685. The van der Waals surface area contributed by atoms with E-state index < -0.39 is 0 Å². The van der Waals surface area contributed by atoms with Crippen LogP contribution in [0.25, 0.3) is 0 Å². The highest BCUT2D eigenvalue weighted by atomic mass is 16.5. The maximum atomic E-state index is 5.88. The van der Waals surface area contributed by atoms with E-state index in [-0.39, 0.29) is 6.10 Å². The molecule has 0 saturated carbocycles. The zero-order valence-corrected chi connectivity index (χ0v) is 11.7. The lowest BCUT2D eigenvalue weighted by atomic mass is 10.2. The van der Waals surface area contributed by atoms with E-state index >= 15 is 0 Å². The standard InChI is InChI=1S/C15H25NO2/c1-4-17-11-7-10-16-12-14(3)18-15-9-6-5-8-13(15)2/h5-6,8-9,14,16H,4,7,10-12H2,1-3H3. The van der Waals surface area contributed by atoms with Crippen molar-refractivity contribution in [3.05, 3.63) is 29.8 Å². The highest BCUT2D eigenvalue weighted by Crippen LogP contribution is 2.17. The molecule has 0 heterocycles. The summed E-state index contributed by atoms with van der Waals surface area (Å²) in [5.41, 5.74) is 1.18. The van der Waals surface area contributed by atoms with Crippen LogP contribution in [0.1, 0.15) is 25.8 Å². The first-order chi connectivity index (χ1) is 8.74. The van der Waals surface area contributed by atoms with Gasteiger partial charge in [0.1, 0.15) is 11.9 Å². The molecule has 0 aliphatic heterocycles. The monoisotopic (exact) mass is 251 g/mol. The molecule has 1 unspecified atom stereocenters. The predicted octanol–water partition coefficient (Wildman–Crippen LogP) is 2.78. The molecule has 3 heteroatoms. The highest BCUT2D eigenvalue weighted by molar-refractivity contribution is 5.31. The topological polar surface area (TPSA) is 30.5 Å². The first-order valence-electron chi connectivity index (χ1n) is 6.74. The second-order valence-electron chi connectivity index (χ2n) is 4.45. The fraction of sp³-hybridized carbons (Fsp3) is 0.600. The molecule has 0 radical (unpaired) electrons. The van der Waals surface area contributed by atoms with Gasteiger partial charge in [-0.15, -0.1) is 0 Å². The summed E-state index contributed by atoms with van der Waals surface area (Å²) < 4.78 is 11.2. The van der Waals surface area contributed by atoms with E-state index in [4.69, 9.17) is 9.47 Å². The Labute approximate surface area is 110 Å². The van der Waals surface area contributed by atoms with Crippen molar-refractivity contribution < 1.29 is 9.47 Å². The summed E-state index contributed by atoms with van der Waals surface area (Å²) >= 11 is 0. The van der Waals surface area contributed by atoms with Crippen LogP contribution in [0.3, 0.4) is 0 Å². The Hall–Kier alpha value is -1.06. The van der Waals surface area contributed by atoms with Gasteiger partial charge in [-0.3, -0.25) is 0 Å². The molecular weight excluding hydrogens is 226 g/mol. The smallest absolute Gasteiger partial charge is 0.122 e. The van der Waals surface area contributed by atoms with Crippen molar-refractivity contribution in [3.8, 4) is 5.75 Å². The fourth-order valence-corrected chi connectivity index (χ4v) is 1.70. The number of ether oxygens (including phenoxy) is 2. The van der Waals surface area contributed by atoms with Crippen LogP contribution in [-0.2, 0) is 4.74 Å². The summed E-state index contributed by atoms with van der Waals surface area (Å²) in [7, 11) is 0. The molecule has 1 rings (SSSR count). The van der Waals surface area contributed by atoms with Gasteiger partial charge in [-0.05, 0) is 45.4 Å². The Morgan fingerprint density at radius 2 is 2.06 bits per heavy atom. The van der Waals surface area contributed by atoms with Crippen LogP contribution < -0.4 is 10.1 Å². The second-order valence-corrected chi connectivity index (χ2v) is 4.45. The number of aryl methyl sites for hydroxylation is 1. The molecule has 0 bridgehead atoms. The van der Waals surface area contributed by atoms with Crippen molar-refractivity contribution in [1.29, 1.82) is 0 Å². The number of hydrogen-bond acceptors (Lipinski definition) is 3. The summed E-state index contributed by atoms with van der Waals surface area (Å²) in [4.78, 5) is 0. The van der Waals surface area contributed by atoms with Gasteiger partial charge in [0.2, 0.25) is 0 Å². The minimum absolute atomic E-state index is 0.179. The van der Waals surface area contributed by atoms with Crippen LogP contribution in [0.4, 0.5) is 0 Å². The Morgan fingerprint density at radius 3 is 2.78 bits per heavy atom. The minimum Gasteiger partial charge on any atom is -0.489 e. The Balaban J connectivity index is 2.14. The molecular formula is C15H25NO2. The summed E-state index contributed by atoms with van der Waals surface area (Å²) in [6.45, 7) is 9.64. The van der Waals surface area contributed by atoms with Crippen LogP contribution >= 0.6 is 0 Å².